The quantitative estimate of drug-likeness (QED) is 0.343. The predicted molar refractivity (Wildman–Crippen MR) is 98.9 cm³/mol. The molecule has 1 saturated heterocycles. The van der Waals surface area contributed by atoms with E-state index in [1.165, 1.54) is 28.6 Å². The number of unbranched alkanes of at least 4 members (excludes halogenated alkanes) is 1. The molecular formula is C15H22N4O4S2. The minimum absolute atomic E-state index is 0.240. The topological polar surface area (TPSA) is 95.8 Å². The van der Waals surface area contributed by atoms with Gasteiger partial charge in [0.1, 0.15) is 0 Å². The zero-order valence-corrected chi connectivity index (χ0v) is 15.7. The number of thiocarbonyl (C=S) groups is 1. The summed E-state index contributed by atoms with van der Waals surface area (Å²) in [6.07, 6.45) is 2.09. The van der Waals surface area contributed by atoms with Gasteiger partial charge in [0.15, 0.2) is 10.0 Å². The van der Waals surface area contributed by atoms with Gasteiger partial charge in [-0.25, -0.2) is 8.42 Å². The first kappa shape index (κ1) is 19.5. The van der Waals surface area contributed by atoms with E-state index in [0.717, 1.165) is 19.4 Å². The third-order valence-corrected chi connectivity index (χ3v) is 6.36. The van der Waals surface area contributed by atoms with Gasteiger partial charge < -0.3 is 10.2 Å². The maximum atomic E-state index is 12.8. The smallest absolute Gasteiger partial charge is 0.289 e. The molecule has 2 rings (SSSR count). The van der Waals surface area contributed by atoms with E-state index >= 15 is 0 Å². The summed E-state index contributed by atoms with van der Waals surface area (Å²) >= 11 is 5.33. The van der Waals surface area contributed by atoms with Gasteiger partial charge >= 0.3 is 0 Å². The van der Waals surface area contributed by atoms with E-state index in [1.807, 2.05) is 4.90 Å². The number of nitro groups is 1. The fraction of sp³-hybridized carbons (Fsp3) is 0.533. The van der Waals surface area contributed by atoms with Gasteiger partial charge in [0.25, 0.3) is 5.69 Å². The molecule has 8 nitrogen and oxygen atoms in total. The maximum Gasteiger partial charge on any atom is 0.289 e. The van der Waals surface area contributed by atoms with Gasteiger partial charge in [-0.1, -0.05) is 25.5 Å². The van der Waals surface area contributed by atoms with Gasteiger partial charge in [0.2, 0.25) is 10.0 Å². The Balaban J connectivity index is 2.05. The Labute approximate surface area is 153 Å². The lowest BCUT2D eigenvalue weighted by atomic mass is 10.3. The largest absolute Gasteiger partial charge is 0.363 e. The van der Waals surface area contributed by atoms with Gasteiger partial charge in [-0.2, -0.15) is 4.31 Å². The van der Waals surface area contributed by atoms with Gasteiger partial charge in [-0.3, -0.25) is 10.1 Å². The van der Waals surface area contributed by atoms with Crippen molar-refractivity contribution in [3.05, 3.63) is 34.4 Å². The summed E-state index contributed by atoms with van der Waals surface area (Å²) in [4.78, 5) is 12.1. The van der Waals surface area contributed by atoms with Crippen molar-refractivity contribution in [2.75, 3.05) is 32.7 Å². The summed E-state index contributed by atoms with van der Waals surface area (Å²) in [6.45, 7) is 4.28. The minimum Gasteiger partial charge on any atom is -0.363 e. The highest BCUT2D eigenvalue weighted by atomic mass is 32.2. The first-order valence-corrected chi connectivity index (χ1v) is 9.99. The van der Waals surface area contributed by atoms with Crippen LogP contribution < -0.4 is 5.32 Å². The Hall–Kier alpha value is -1.78. The van der Waals surface area contributed by atoms with Crippen LogP contribution in [0.3, 0.4) is 0 Å². The first-order chi connectivity index (χ1) is 11.9. The minimum atomic E-state index is -3.91. The van der Waals surface area contributed by atoms with Crippen molar-refractivity contribution in [1.29, 1.82) is 0 Å². The molecule has 0 spiro atoms. The second-order valence-electron chi connectivity index (χ2n) is 5.70. The number of sulfonamides is 1. The van der Waals surface area contributed by atoms with Crippen LogP contribution in [0.4, 0.5) is 5.69 Å². The number of piperazine rings is 1. The lowest BCUT2D eigenvalue weighted by Crippen LogP contribution is -2.53. The number of rotatable bonds is 6. The van der Waals surface area contributed by atoms with Crippen molar-refractivity contribution in [3.63, 3.8) is 0 Å². The third-order valence-electron chi connectivity index (χ3n) is 4.01. The Morgan fingerprint density at radius 2 is 1.92 bits per heavy atom. The molecule has 0 aromatic heterocycles. The molecule has 138 valence electrons. The van der Waals surface area contributed by atoms with E-state index in [4.69, 9.17) is 12.2 Å². The number of benzene rings is 1. The number of nitrogens with one attached hydrogen (secondary N) is 1. The zero-order chi connectivity index (χ0) is 18.4. The summed E-state index contributed by atoms with van der Waals surface area (Å²) in [5.41, 5.74) is -0.401. The van der Waals surface area contributed by atoms with Gasteiger partial charge in [0.05, 0.1) is 4.92 Å². The molecule has 10 heteroatoms. The van der Waals surface area contributed by atoms with Crippen LogP contribution in [0.5, 0.6) is 0 Å². The van der Waals surface area contributed by atoms with Crippen LogP contribution in [0, 0.1) is 10.1 Å². The highest BCUT2D eigenvalue weighted by molar-refractivity contribution is 7.89. The second kappa shape index (κ2) is 8.54. The molecule has 1 fully saturated rings. The molecule has 0 aliphatic carbocycles. The molecule has 0 atom stereocenters. The van der Waals surface area contributed by atoms with Crippen molar-refractivity contribution in [1.82, 2.24) is 14.5 Å². The van der Waals surface area contributed by atoms with E-state index in [-0.39, 0.29) is 18.0 Å². The number of para-hydroxylation sites is 1. The Morgan fingerprint density at radius 3 is 2.52 bits per heavy atom. The van der Waals surface area contributed by atoms with E-state index in [1.54, 1.807) is 0 Å². The molecule has 1 aromatic rings. The van der Waals surface area contributed by atoms with Gasteiger partial charge in [0, 0.05) is 38.8 Å². The molecule has 0 unspecified atom stereocenters. The molecule has 25 heavy (non-hydrogen) atoms. The molecule has 1 heterocycles. The highest BCUT2D eigenvalue weighted by Crippen LogP contribution is 2.26. The van der Waals surface area contributed by atoms with Crippen LogP contribution in [0.1, 0.15) is 19.8 Å². The van der Waals surface area contributed by atoms with Crippen molar-refractivity contribution in [3.8, 4) is 0 Å². The molecule has 0 saturated carbocycles. The molecule has 1 aliphatic heterocycles. The molecule has 1 N–H and O–H groups in total. The molecule has 0 bridgehead atoms. The Kier molecular flexibility index (Phi) is 6.68. The summed E-state index contributed by atoms with van der Waals surface area (Å²) in [6, 6.07) is 5.42. The number of hydrogen-bond donors (Lipinski definition) is 1. The monoisotopic (exact) mass is 386 g/mol. The van der Waals surface area contributed by atoms with E-state index in [9.17, 15) is 18.5 Å². The van der Waals surface area contributed by atoms with E-state index in [0.29, 0.717) is 18.2 Å². The van der Waals surface area contributed by atoms with Crippen LogP contribution in [-0.2, 0) is 10.0 Å². The SMILES string of the molecule is CCCCNC(=S)N1CCN(S(=O)(=O)c2ccccc2[N+](=O)[O-])CC1. The van der Waals surface area contributed by atoms with Crippen LogP contribution in [0.2, 0.25) is 0 Å². The number of hydrogen-bond acceptors (Lipinski definition) is 5. The van der Waals surface area contributed by atoms with Crippen LogP contribution in [0.25, 0.3) is 0 Å². The van der Waals surface area contributed by atoms with Crippen LogP contribution >= 0.6 is 12.2 Å². The molecular weight excluding hydrogens is 364 g/mol. The third kappa shape index (κ3) is 4.65. The standard InChI is InChI=1S/C15H22N4O4S2/c1-2-3-8-16-15(24)17-9-11-18(12-10-17)25(22,23)14-7-5-4-6-13(14)19(20)21/h4-7H,2-3,8-12H2,1H3,(H,16,24). The Morgan fingerprint density at radius 1 is 1.28 bits per heavy atom. The van der Waals surface area contributed by atoms with Crippen molar-refractivity contribution in [2.45, 2.75) is 24.7 Å². The predicted octanol–water partition coefficient (Wildman–Crippen LogP) is 1.58. The fourth-order valence-electron chi connectivity index (χ4n) is 2.58. The highest BCUT2D eigenvalue weighted by Gasteiger charge is 2.33. The normalized spacial score (nSPS) is 15.8. The number of nitrogens with zero attached hydrogens (tertiary/aromatic N) is 3. The van der Waals surface area contributed by atoms with E-state index in [2.05, 4.69) is 12.2 Å². The van der Waals surface area contributed by atoms with Crippen molar-refractivity contribution in [2.24, 2.45) is 0 Å². The average Bonchev–Trinajstić information content (AvgIpc) is 2.62. The average molecular weight is 386 g/mol. The van der Waals surface area contributed by atoms with Crippen molar-refractivity contribution >= 4 is 33.0 Å². The molecule has 0 amide bonds. The lowest BCUT2D eigenvalue weighted by Gasteiger charge is -2.35. The molecule has 0 radical (unpaired) electrons. The lowest BCUT2D eigenvalue weighted by molar-refractivity contribution is -0.387. The van der Waals surface area contributed by atoms with E-state index < -0.39 is 20.6 Å². The fourth-order valence-corrected chi connectivity index (χ4v) is 4.44. The second-order valence-corrected chi connectivity index (χ2v) is 7.99. The first-order valence-electron chi connectivity index (χ1n) is 8.14. The summed E-state index contributed by atoms with van der Waals surface area (Å²) < 4.78 is 26.8. The summed E-state index contributed by atoms with van der Waals surface area (Å²) in [7, 11) is -3.91. The summed E-state index contributed by atoms with van der Waals surface area (Å²) in [5.74, 6) is 0. The zero-order valence-electron chi connectivity index (χ0n) is 14.1. The van der Waals surface area contributed by atoms with Crippen LogP contribution in [-0.4, -0.2) is 60.4 Å². The Bertz CT molecular complexity index is 731. The van der Waals surface area contributed by atoms with Crippen molar-refractivity contribution < 1.29 is 13.3 Å². The van der Waals surface area contributed by atoms with Gasteiger partial charge in [-0.15, -0.1) is 0 Å². The van der Waals surface area contributed by atoms with Crippen LogP contribution in [0.15, 0.2) is 29.2 Å². The number of nitro benzene ring substituents is 1. The maximum absolute atomic E-state index is 12.8. The molecule has 1 aromatic carbocycles. The summed E-state index contributed by atoms with van der Waals surface area (Å²) in [5, 5.41) is 14.9. The van der Waals surface area contributed by atoms with Gasteiger partial charge in [-0.05, 0) is 24.7 Å². The molecule has 1 aliphatic rings.